The Hall–Kier alpha value is -1.03. The molecule has 1 N–H and O–H groups in total. The minimum atomic E-state index is -0.268. The molecular weight excluding hydrogens is 361 g/mol. The van der Waals surface area contributed by atoms with Crippen LogP contribution in [0.3, 0.4) is 0 Å². The van der Waals surface area contributed by atoms with E-state index in [9.17, 15) is 4.79 Å². The van der Waals surface area contributed by atoms with Crippen LogP contribution in [0.4, 0.5) is 5.69 Å². The summed E-state index contributed by atoms with van der Waals surface area (Å²) in [7, 11) is 0. The zero-order chi connectivity index (χ0) is 14.9. The quantitative estimate of drug-likeness (QED) is 0.727. The summed E-state index contributed by atoms with van der Waals surface area (Å²) in [6, 6.07) is 8.68. The molecule has 0 aromatic heterocycles. The van der Waals surface area contributed by atoms with Gasteiger partial charge in [0.2, 0.25) is 0 Å². The Bertz CT molecular complexity index is 686. The first kappa shape index (κ1) is 15.4. The molecule has 0 radical (unpaired) electrons. The summed E-state index contributed by atoms with van der Waals surface area (Å²) < 4.78 is 0.832. The highest BCUT2D eigenvalue weighted by atomic mass is 79.9. The van der Waals surface area contributed by atoms with E-state index in [1.807, 2.05) is 26.0 Å². The summed E-state index contributed by atoms with van der Waals surface area (Å²) >= 11 is 15.3. The number of hydrogen-bond donors (Lipinski definition) is 1. The van der Waals surface area contributed by atoms with Crippen LogP contribution in [0, 0.1) is 13.8 Å². The zero-order valence-electron chi connectivity index (χ0n) is 10.9. The van der Waals surface area contributed by atoms with Gasteiger partial charge in [0.15, 0.2) is 0 Å². The summed E-state index contributed by atoms with van der Waals surface area (Å²) in [5, 5.41) is 3.67. The fourth-order valence-corrected chi connectivity index (χ4v) is 2.79. The minimum Gasteiger partial charge on any atom is -0.321 e. The van der Waals surface area contributed by atoms with Crippen LogP contribution in [-0.4, -0.2) is 5.91 Å². The van der Waals surface area contributed by atoms with Gasteiger partial charge in [0.05, 0.1) is 16.3 Å². The van der Waals surface area contributed by atoms with Gasteiger partial charge >= 0.3 is 0 Å². The number of carbonyl (C=O) groups is 1. The Morgan fingerprint density at radius 1 is 1.10 bits per heavy atom. The highest BCUT2D eigenvalue weighted by molar-refractivity contribution is 9.10. The van der Waals surface area contributed by atoms with Crippen LogP contribution in [0.15, 0.2) is 34.8 Å². The van der Waals surface area contributed by atoms with E-state index in [1.54, 1.807) is 18.2 Å². The van der Waals surface area contributed by atoms with Crippen molar-refractivity contribution in [2.24, 2.45) is 0 Å². The third-order valence-electron chi connectivity index (χ3n) is 3.01. The van der Waals surface area contributed by atoms with Gasteiger partial charge in [-0.3, -0.25) is 4.79 Å². The molecule has 0 saturated heterocycles. The van der Waals surface area contributed by atoms with Crippen LogP contribution in [0.25, 0.3) is 0 Å². The Morgan fingerprint density at radius 2 is 1.75 bits per heavy atom. The average molecular weight is 373 g/mol. The number of aryl methyl sites for hydroxylation is 2. The molecule has 5 heteroatoms. The third-order valence-corrected chi connectivity index (χ3v) is 4.21. The largest absolute Gasteiger partial charge is 0.321 e. The van der Waals surface area contributed by atoms with Crippen LogP contribution >= 0.6 is 39.1 Å². The highest BCUT2D eigenvalue weighted by Gasteiger charge is 2.13. The van der Waals surface area contributed by atoms with E-state index in [0.29, 0.717) is 21.3 Å². The molecule has 0 aliphatic rings. The predicted molar refractivity (Wildman–Crippen MR) is 88.0 cm³/mol. The van der Waals surface area contributed by atoms with Crippen LogP contribution < -0.4 is 5.32 Å². The normalized spacial score (nSPS) is 10.4. The van der Waals surface area contributed by atoms with E-state index in [-0.39, 0.29) is 5.91 Å². The third kappa shape index (κ3) is 3.35. The number of carbonyl (C=O) groups excluding carboxylic acids is 1. The van der Waals surface area contributed by atoms with Gasteiger partial charge in [-0.05, 0) is 71.2 Å². The first-order chi connectivity index (χ1) is 9.38. The fourth-order valence-electron chi connectivity index (χ4n) is 1.74. The lowest BCUT2D eigenvalue weighted by molar-refractivity contribution is 0.102. The molecule has 0 aliphatic carbocycles. The van der Waals surface area contributed by atoms with Crippen molar-refractivity contribution >= 4 is 50.7 Å². The molecule has 0 unspecified atom stereocenters. The van der Waals surface area contributed by atoms with Gasteiger partial charge in [-0.25, -0.2) is 0 Å². The molecule has 0 bridgehead atoms. The molecule has 0 saturated carbocycles. The second-order valence-corrected chi connectivity index (χ2v) is 6.19. The van der Waals surface area contributed by atoms with Crippen LogP contribution in [0.5, 0.6) is 0 Å². The van der Waals surface area contributed by atoms with Crippen molar-refractivity contribution in [1.29, 1.82) is 0 Å². The van der Waals surface area contributed by atoms with Gasteiger partial charge in [0, 0.05) is 9.50 Å². The SMILES string of the molecule is Cc1cc(Br)c(NC(=O)c2ccc(Cl)cc2Cl)cc1C. The molecule has 0 atom stereocenters. The molecule has 1 amide bonds. The Morgan fingerprint density at radius 3 is 2.40 bits per heavy atom. The molecule has 104 valence electrons. The van der Waals surface area contributed by atoms with Crippen molar-refractivity contribution in [2.45, 2.75) is 13.8 Å². The van der Waals surface area contributed by atoms with Gasteiger partial charge in [-0.2, -0.15) is 0 Å². The van der Waals surface area contributed by atoms with E-state index >= 15 is 0 Å². The Kier molecular flexibility index (Phi) is 4.74. The number of nitrogens with one attached hydrogen (secondary N) is 1. The fraction of sp³-hybridized carbons (Fsp3) is 0.133. The summed E-state index contributed by atoms with van der Waals surface area (Å²) in [5.41, 5.74) is 3.36. The second-order valence-electron chi connectivity index (χ2n) is 4.49. The Balaban J connectivity index is 2.30. The first-order valence-corrected chi connectivity index (χ1v) is 7.46. The van der Waals surface area contributed by atoms with E-state index in [0.717, 1.165) is 15.6 Å². The summed E-state index contributed by atoms with van der Waals surface area (Å²) in [4.78, 5) is 12.2. The standard InChI is InChI=1S/C15H12BrCl2NO/c1-8-5-12(16)14(6-9(8)2)19-15(20)11-4-3-10(17)7-13(11)18/h3-7H,1-2H3,(H,19,20). The van der Waals surface area contributed by atoms with Gasteiger partial charge in [-0.1, -0.05) is 23.2 Å². The molecule has 2 aromatic carbocycles. The molecule has 0 fully saturated rings. The smallest absolute Gasteiger partial charge is 0.257 e. The van der Waals surface area contributed by atoms with Gasteiger partial charge in [0.25, 0.3) is 5.91 Å². The highest BCUT2D eigenvalue weighted by Crippen LogP contribution is 2.28. The van der Waals surface area contributed by atoms with Crippen LogP contribution in [0.1, 0.15) is 21.5 Å². The molecule has 0 heterocycles. The lowest BCUT2D eigenvalue weighted by atomic mass is 10.1. The van der Waals surface area contributed by atoms with Crippen molar-refractivity contribution in [2.75, 3.05) is 5.32 Å². The lowest BCUT2D eigenvalue weighted by Crippen LogP contribution is -2.13. The maximum absolute atomic E-state index is 12.2. The topological polar surface area (TPSA) is 29.1 Å². The molecule has 2 aromatic rings. The summed E-state index contributed by atoms with van der Waals surface area (Å²) in [5.74, 6) is -0.268. The number of benzene rings is 2. The molecular formula is C15H12BrCl2NO. The average Bonchev–Trinajstić information content (AvgIpc) is 2.35. The maximum atomic E-state index is 12.2. The van der Waals surface area contributed by atoms with Crippen molar-refractivity contribution in [3.8, 4) is 0 Å². The number of amides is 1. The molecule has 0 spiro atoms. The van der Waals surface area contributed by atoms with E-state index in [4.69, 9.17) is 23.2 Å². The number of anilines is 1. The molecule has 2 nitrogen and oxygen atoms in total. The number of hydrogen-bond acceptors (Lipinski definition) is 1. The minimum absolute atomic E-state index is 0.268. The first-order valence-electron chi connectivity index (χ1n) is 5.91. The zero-order valence-corrected chi connectivity index (χ0v) is 14.0. The Labute approximate surface area is 136 Å². The lowest BCUT2D eigenvalue weighted by Gasteiger charge is -2.11. The summed E-state index contributed by atoms with van der Waals surface area (Å²) in [6.45, 7) is 4.01. The number of halogens is 3. The van der Waals surface area contributed by atoms with Crippen molar-refractivity contribution in [3.63, 3.8) is 0 Å². The monoisotopic (exact) mass is 371 g/mol. The van der Waals surface area contributed by atoms with E-state index in [2.05, 4.69) is 21.2 Å². The van der Waals surface area contributed by atoms with Crippen LogP contribution in [-0.2, 0) is 0 Å². The number of rotatable bonds is 2. The van der Waals surface area contributed by atoms with Gasteiger partial charge < -0.3 is 5.32 Å². The van der Waals surface area contributed by atoms with Crippen molar-refractivity contribution in [1.82, 2.24) is 0 Å². The van der Waals surface area contributed by atoms with Gasteiger partial charge in [0.1, 0.15) is 0 Å². The van der Waals surface area contributed by atoms with E-state index < -0.39 is 0 Å². The molecule has 0 aliphatic heterocycles. The van der Waals surface area contributed by atoms with Crippen molar-refractivity contribution in [3.05, 3.63) is 61.5 Å². The summed E-state index contributed by atoms with van der Waals surface area (Å²) in [6.07, 6.45) is 0. The second kappa shape index (κ2) is 6.17. The van der Waals surface area contributed by atoms with Gasteiger partial charge in [-0.15, -0.1) is 0 Å². The predicted octanol–water partition coefficient (Wildman–Crippen LogP) is 5.63. The van der Waals surface area contributed by atoms with E-state index in [1.165, 1.54) is 0 Å². The van der Waals surface area contributed by atoms with Crippen LogP contribution in [0.2, 0.25) is 10.0 Å². The maximum Gasteiger partial charge on any atom is 0.257 e. The molecule has 2 rings (SSSR count). The van der Waals surface area contributed by atoms with Crippen molar-refractivity contribution < 1.29 is 4.79 Å². The molecule has 20 heavy (non-hydrogen) atoms.